The molecule has 2 atom stereocenters. The third kappa shape index (κ3) is 2.81. The molecule has 102 valence electrons. The van der Waals surface area contributed by atoms with Crippen molar-refractivity contribution >= 4 is 12.0 Å². The van der Waals surface area contributed by atoms with Gasteiger partial charge in [-0.1, -0.05) is 12.1 Å². The Bertz CT molecular complexity index is 522. The van der Waals surface area contributed by atoms with Crippen molar-refractivity contribution < 1.29 is 23.5 Å². The van der Waals surface area contributed by atoms with E-state index in [9.17, 15) is 18.4 Å². The molecule has 1 aromatic carbocycles. The normalized spacial score (nSPS) is 22.7. The number of hydrogen-bond acceptors (Lipinski definition) is 2. The Morgan fingerprint density at radius 3 is 2.84 bits per heavy atom. The number of benzene rings is 1. The highest BCUT2D eigenvalue weighted by atomic mass is 19.2. The van der Waals surface area contributed by atoms with Crippen LogP contribution in [0.3, 0.4) is 0 Å². The van der Waals surface area contributed by atoms with Crippen LogP contribution in [0.2, 0.25) is 0 Å². The van der Waals surface area contributed by atoms with Crippen molar-refractivity contribution in [3.63, 3.8) is 0 Å². The summed E-state index contributed by atoms with van der Waals surface area (Å²) in [5.74, 6) is -2.85. The molecule has 2 rings (SSSR count). The number of piperidine rings is 1. The largest absolute Gasteiger partial charge is 0.465 e. The van der Waals surface area contributed by atoms with Crippen LogP contribution < -0.4 is 10.6 Å². The molecule has 1 fully saturated rings. The quantitative estimate of drug-likeness (QED) is 0.755. The van der Waals surface area contributed by atoms with E-state index >= 15 is 0 Å². The Kier molecular flexibility index (Phi) is 3.64. The summed E-state index contributed by atoms with van der Waals surface area (Å²) in [7, 11) is 0. The first kappa shape index (κ1) is 13.3. The van der Waals surface area contributed by atoms with Crippen molar-refractivity contribution in [3.05, 3.63) is 35.4 Å². The first-order valence-corrected chi connectivity index (χ1v) is 5.70. The minimum Gasteiger partial charge on any atom is -0.465 e. The summed E-state index contributed by atoms with van der Waals surface area (Å²) in [6.07, 6.45) is -1.24. The third-order valence-electron chi connectivity index (χ3n) is 3.08. The lowest BCUT2D eigenvalue weighted by molar-refractivity contribution is -0.124. The van der Waals surface area contributed by atoms with Gasteiger partial charge in [0.25, 0.3) is 0 Å². The van der Waals surface area contributed by atoms with Crippen LogP contribution in [0.25, 0.3) is 0 Å². The van der Waals surface area contributed by atoms with Gasteiger partial charge in [0.05, 0.1) is 0 Å². The summed E-state index contributed by atoms with van der Waals surface area (Å²) in [6, 6.07) is 2.86. The van der Waals surface area contributed by atoms with Crippen LogP contribution in [0.4, 0.5) is 13.6 Å². The van der Waals surface area contributed by atoms with Crippen molar-refractivity contribution in [1.29, 1.82) is 0 Å². The van der Waals surface area contributed by atoms with E-state index in [4.69, 9.17) is 5.11 Å². The average Bonchev–Trinajstić information content (AvgIpc) is 2.35. The SMILES string of the molecule is O=C(O)N[C@H]1C[C@@H](c2cccc(F)c2F)CNC1=O. The van der Waals surface area contributed by atoms with Gasteiger partial charge in [-0.25, -0.2) is 13.6 Å². The predicted molar refractivity (Wildman–Crippen MR) is 61.7 cm³/mol. The minimum absolute atomic E-state index is 0.0957. The van der Waals surface area contributed by atoms with Crippen LogP contribution in [0.1, 0.15) is 17.9 Å². The van der Waals surface area contributed by atoms with Gasteiger partial charge in [-0.05, 0) is 18.1 Å². The van der Waals surface area contributed by atoms with E-state index in [2.05, 4.69) is 10.6 Å². The van der Waals surface area contributed by atoms with E-state index < -0.39 is 35.6 Å². The fourth-order valence-electron chi connectivity index (χ4n) is 2.17. The molecule has 2 amide bonds. The molecule has 1 heterocycles. The molecule has 0 unspecified atom stereocenters. The second kappa shape index (κ2) is 5.21. The highest BCUT2D eigenvalue weighted by molar-refractivity contribution is 5.86. The van der Waals surface area contributed by atoms with Crippen molar-refractivity contribution in [2.75, 3.05) is 6.54 Å². The molecule has 7 heteroatoms. The highest BCUT2D eigenvalue weighted by Gasteiger charge is 2.32. The molecule has 0 aromatic heterocycles. The number of carboxylic acid groups (broad SMARTS) is 1. The summed E-state index contributed by atoms with van der Waals surface area (Å²) in [5.41, 5.74) is 0.136. The summed E-state index contributed by atoms with van der Waals surface area (Å²) in [6.45, 7) is 0.150. The molecule has 0 saturated carbocycles. The number of amides is 2. The van der Waals surface area contributed by atoms with Crippen molar-refractivity contribution in [2.24, 2.45) is 0 Å². The van der Waals surface area contributed by atoms with E-state index in [1.54, 1.807) is 0 Å². The molecular formula is C12H12F2N2O3. The van der Waals surface area contributed by atoms with Crippen LogP contribution in [0.15, 0.2) is 18.2 Å². The Morgan fingerprint density at radius 2 is 2.16 bits per heavy atom. The maximum absolute atomic E-state index is 13.6. The molecule has 0 radical (unpaired) electrons. The van der Waals surface area contributed by atoms with Crippen molar-refractivity contribution in [3.8, 4) is 0 Å². The number of halogens is 2. The monoisotopic (exact) mass is 270 g/mol. The van der Waals surface area contributed by atoms with E-state index in [-0.39, 0.29) is 18.5 Å². The maximum Gasteiger partial charge on any atom is 0.405 e. The molecule has 5 nitrogen and oxygen atoms in total. The molecule has 19 heavy (non-hydrogen) atoms. The van der Waals surface area contributed by atoms with Gasteiger partial charge in [0.2, 0.25) is 5.91 Å². The fraction of sp³-hybridized carbons (Fsp3) is 0.333. The molecule has 3 N–H and O–H groups in total. The Balaban J connectivity index is 2.19. The lowest BCUT2D eigenvalue weighted by Crippen LogP contribution is -2.52. The maximum atomic E-state index is 13.6. The smallest absolute Gasteiger partial charge is 0.405 e. The van der Waals surface area contributed by atoms with Crippen molar-refractivity contribution in [2.45, 2.75) is 18.4 Å². The first-order valence-electron chi connectivity index (χ1n) is 5.70. The topological polar surface area (TPSA) is 78.4 Å². The van der Waals surface area contributed by atoms with Gasteiger partial charge in [0.15, 0.2) is 11.6 Å². The zero-order valence-electron chi connectivity index (χ0n) is 9.82. The van der Waals surface area contributed by atoms with Crippen LogP contribution in [0.5, 0.6) is 0 Å². The van der Waals surface area contributed by atoms with Crippen LogP contribution in [0, 0.1) is 11.6 Å². The molecular weight excluding hydrogens is 258 g/mol. The van der Waals surface area contributed by atoms with Crippen LogP contribution >= 0.6 is 0 Å². The number of hydrogen-bond donors (Lipinski definition) is 3. The van der Waals surface area contributed by atoms with Crippen LogP contribution in [-0.4, -0.2) is 29.7 Å². The molecule has 1 saturated heterocycles. The molecule has 0 spiro atoms. The predicted octanol–water partition coefficient (Wildman–Crippen LogP) is 1.20. The Morgan fingerprint density at radius 1 is 1.42 bits per heavy atom. The van der Waals surface area contributed by atoms with Gasteiger partial charge in [-0.3, -0.25) is 4.79 Å². The second-order valence-electron chi connectivity index (χ2n) is 4.32. The van der Waals surface area contributed by atoms with Gasteiger partial charge in [0, 0.05) is 12.5 Å². The summed E-state index contributed by atoms with van der Waals surface area (Å²) in [4.78, 5) is 22.0. The Hall–Kier alpha value is -2.18. The molecule has 1 aliphatic rings. The molecule has 0 aliphatic carbocycles. The summed E-state index contributed by atoms with van der Waals surface area (Å²) in [5, 5.41) is 13.1. The standard InChI is InChI=1S/C12H12F2N2O3/c13-8-3-1-2-7(10(8)14)6-4-9(16-12(18)19)11(17)15-5-6/h1-3,6,9,16H,4-5H2,(H,15,17)(H,18,19)/t6-,9+/m1/s1. The zero-order chi connectivity index (χ0) is 14.0. The molecule has 1 aromatic rings. The highest BCUT2D eigenvalue weighted by Crippen LogP contribution is 2.27. The lowest BCUT2D eigenvalue weighted by Gasteiger charge is -2.29. The number of rotatable bonds is 2. The van der Waals surface area contributed by atoms with Crippen molar-refractivity contribution in [1.82, 2.24) is 10.6 Å². The summed E-state index contributed by atoms with van der Waals surface area (Å²) < 4.78 is 26.8. The Labute approximate surface area is 107 Å². The number of carbonyl (C=O) groups is 2. The third-order valence-corrected chi connectivity index (χ3v) is 3.08. The average molecular weight is 270 g/mol. The van der Waals surface area contributed by atoms with Gasteiger partial charge < -0.3 is 15.7 Å². The van der Waals surface area contributed by atoms with Gasteiger partial charge >= 0.3 is 6.09 Å². The molecule has 1 aliphatic heterocycles. The van der Waals surface area contributed by atoms with E-state index in [0.29, 0.717) is 0 Å². The second-order valence-corrected chi connectivity index (χ2v) is 4.32. The van der Waals surface area contributed by atoms with Gasteiger partial charge in [0.1, 0.15) is 6.04 Å². The summed E-state index contributed by atoms with van der Waals surface area (Å²) >= 11 is 0. The number of carbonyl (C=O) groups excluding carboxylic acids is 1. The number of nitrogens with one attached hydrogen (secondary N) is 2. The first-order chi connectivity index (χ1) is 8.99. The lowest BCUT2D eigenvalue weighted by atomic mass is 9.88. The fourth-order valence-corrected chi connectivity index (χ4v) is 2.17. The molecule has 0 bridgehead atoms. The van der Waals surface area contributed by atoms with E-state index in [1.165, 1.54) is 12.1 Å². The van der Waals surface area contributed by atoms with Crippen LogP contribution in [-0.2, 0) is 4.79 Å². The van der Waals surface area contributed by atoms with Gasteiger partial charge in [-0.2, -0.15) is 0 Å². The van der Waals surface area contributed by atoms with Gasteiger partial charge in [-0.15, -0.1) is 0 Å². The minimum atomic E-state index is -1.33. The van der Waals surface area contributed by atoms with E-state index in [0.717, 1.165) is 6.07 Å². The van der Waals surface area contributed by atoms with E-state index in [1.807, 2.05) is 0 Å². The zero-order valence-corrected chi connectivity index (χ0v) is 9.82.